The van der Waals surface area contributed by atoms with Crippen LogP contribution in [0, 0.1) is 0 Å². The predicted octanol–water partition coefficient (Wildman–Crippen LogP) is 3.70. The SMILES string of the molecule is O=C(COc1ccc(OCc2ccccc2)cc1)NC1CCCC1. The van der Waals surface area contributed by atoms with Gasteiger partial charge in [-0.25, -0.2) is 0 Å². The summed E-state index contributed by atoms with van der Waals surface area (Å²) in [5.74, 6) is 1.40. The van der Waals surface area contributed by atoms with E-state index in [2.05, 4.69) is 5.32 Å². The van der Waals surface area contributed by atoms with E-state index in [1.807, 2.05) is 54.6 Å². The summed E-state index contributed by atoms with van der Waals surface area (Å²) in [4.78, 5) is 11.8. The first kappa shape index (κ1) is 16.4. The minimum absolute atomic E-state index is 0.0497. The van der Waals surface area contributed by atoms with Crippen LogP contribution < -0.4 is 14.8 Å². The minimum atomic E-state index is -0.0497. The molecule has 0 radical (unpaired) electrons. The lowest BCUT2D eigenvalue weighted by atomic mass is 10.2. The van der Waals surface area contributed by atoms with Gasteiger partial charge in [0.25, 0.3) is 5.91 Å². The van der Waals surface area contributed by atoms with Crippen molar-refractivity contribution in [3.63, 3.8) is 0 Å². The van der Waals surface area contributed by atoms with Crippen LogP contribution >= 0.6 is 0 Å². The van der Waals surface area contributed by atoms with Gasteiger partial charge in [-0.05, 0) is 42.7 Å². The molecule has 1 aliphatic carbocycles. The van der Waals surface area contributed by atoms with Gasteiger partial charge in [0.05, 0.1) is 0 Å². The molecule has 0 aromatic heterocycles. The lowest BCUT2D eigenvalue weighted by molar-refractivity contribution is -0.123. The maximum atomic E-state index is 11.8. The van der Waals surface area contributed by atoms with Gasteiger partial charge in [0.1, 0.15) is 18.1 Å². The Morgan fingerprint density at radius 2 is 1.54 bits per heavy atom. The number of carbonyl (C=O) groups excluding carboxylic acids is 1. The molecule has 0 heterocycles. The smallest absolute Gasteiger partial charge is 0.258 e. The van der Waals surface area contributed by atoms with Crippen LogP contribution in [0.4, 0.5) is 0 Å². The van der Waals surface area contributed by atoms with Crippen LogP contribution in [0.2, 0.25) is 0 Å². The van der Waals surface area contributed by atoms with E-state index in [0.29, 0.717) is 18.4 Å². The minimum Gasteiger partial charge on any atom is -0.489 e. The molecule has 0 unspecified atom stereocenters. The number of hydrogen-bond donors (Lipinski definition) is 1. The molecule has 3 rings (SSSR count). The van der Waals surface area contributed by atoms with Crippen LogP contribution in [0.25, 0.3) is 0 Å². The molecule has 0 aliphatic heterocycles. The third-order valence-corrected chi connectivity index (χ3v) is 4.16. The van der Waals surface area contributed by atoms with Gasteiger partial charge < -0.3 is 14.8 Å². The second kappa shape index (κ2) is 8.39. The molecule has 2 aromatic carbocycles. The maximum Gasteiger partial charge on any atom is 0.258 e. The van der Waals surface area contributed by atoms with Crippen molar-refractivity contribution < 1.29 is 14.3 Å². The molecule has 0 bridgehead atoms. The van der Waals surface area contributed by atoms with Crippen LogP contribution in [-0.4, -0.2) is 18.6 Å². The molecule has 1 saturated carbocycles. The Morgan fingerprint density at radius 3 is 2.21 bits per heavy atom. The Kier molecular flexibility index (Phi) is 5.72. The molecule has 126 valence electrons. The van der Waals surface area contributed by atoms with Crippen molar-refractivity contribution in [3.05, 3.63) is 60.2 Å². The van der Waals surface area contributed by atoms with E-state index in [-0.39, 0.29) is 12.5 Å². The number of hydrogen-bond acceptors (Lipinski definition) is 3. The Labute approximate surface area is 142 Å². The van der Waals surface area contributed by atoms with Crippen molar-refractivity contribution in [2.45, 2.75) is 38.3 Å². The Bertz CT molecular complexity index is 634. The van der Waals surface area contributed by atoms with Gasteiger partial charge in [-0.3, -0.25) is 4.79 Å². The van der Waals surface area contributed by atoms with Gasteiger partial charge in [0, 0.05) is 6.04 Å². The van der Waals surface area contributed by atoms with Gasteiger partial charge >= 0.3 is 0 Å². The van der Waals surface area contributed by atoms with Crippen molar-refractivity contribution in [1.29, 1.82) is 0 Å². The average molecular weight is 325 g/mol. The molecule has 0 spiro atoms. The second-order valence-corrected chi connectivity index (χ2v) is 6.08. The van der Waals surface area contributed by atoms with Gasteiger partial charge in [-0.2, -0.15) is 0 Å². The zero-order chi connectivity index (χ0) is 16.6. The van der Waals surface area contributed by atoms with E-state index in [1.54, 1.807) is 0 Å². The molecule has 4 heteroatoms. The summed E-state index contributed by atoms with van der Waals surface area (Å²) < 4.78 is 11.3. The molecule has 1 aliphatic rings. The average Bonchev–Trinajstić information content (AvgIpc) is 3.13. The van der Waals surface area contributed by atoms with Crippen LogP contribution in [0.1, 0.15) is 31.2 Å². The van der Waals surface area contributed by atoms with Gasteiger partial charge in [0.15, 0.2) is 6.61 Å². The molecule has 24 heavy (non-hydrogen) atoms. The van der Waals surface area contributed by atoms with Crippen molar-refractivity contribution in [2.75, 3.05) is 6.61 Å². The highest BCUT2D eigenvalue weighted by molar-refractivity contribution is 5.77. The fraction of sp³-hybridized carbons (Fsp3) is 0.350. The fourth-order valence-electron chi connectivity index (χ4n) is 2.86. The van der Waals surface area contributed by atoms with Gasteiger partial charge in [0.2, 0.25) is 0 Å². The lowest BCUT2D eigenvalue weighted by Gasteiger charge is -2.12. The Hall–Kier alpha value is -2.49. The first-order valence-corrected chi connectivity index (χ1v) is 8.48. The number of rotatable bonds is 7. The summed E-state index contributed by atoms with van der Waals surface area (Å²) in [5.41, 5.74) is 1.13. The summed E-state index contributed by atoms with van der Waals surface area (Å²) in [6, 6.07) is 17.7. The van der Waals surface area contributed by atoms with Crippen LogP contribution in [0.15, 0.2) is 54.6 Å². The Morgan fingerprint density at radius 1 is 0.917 bits per heavy atom. The highest BCUT2D eigenvalue weighted by Crippen LogP contribution is 2.19. The van der Waals surface area contributed by atoms with E-state index in [1.165, 1.54) is 12.8 Å². The first-order valence-electron chi connectivity index (χ1n) is 8.48. The highest BCUT2D eigenvalue weighted by atomic mass is 16.5. The van der Waals surface area contributed by atoms with Crippen molar-refractivity contribution in [3.8, 4) is 11.5 Å². The van der Waals surface area contributed by atoms with Crippen molar-refractivity contribution in [2.24, 2.45) is 0 Å². The molecule has 1 N–H and O–H groups in total. The summed E-state index contributed by atoms with van der Waals surface area (Å²) in [7, 11) is 0. The first-order chi connectivity index (χ1) is 11.8. The topological polar surface area (TPSA) is 47.6 Å². The molecule has 2 aromatic rings. The Balaban J connectivity index is 1.41. The van der Waals surface area contributed by atoms with E-state index in [0.717, 1.165) is 24.2 Å². The third kappa shape index (κ3) is 5.01. The predicted molar refractivity (Wildman–Crippen MR) is 93.1 cm³/mol. The molecular formula is C20H23NO3. The normalized spacial score (nSPS) is 14.3. The van der Waals surface area contributed by atoms with Crippen LogP contribution in [0.5, 0.6) is 11.5 Å². The summed E-state index contributed by atoms with van der Waals surface area (Å²) in [6.45, 7) is 0.589. The standard InChI is InChI=1S/C20H23NO3/c22-20(21-17-8-4-5-9-17)15-24-19-12-10-18(11-13-19)23-14-16-6-2-1-3-7-16/h1-3,6-7,10-13,17H,4-5,8-9,14-15H2,(H,21,22). The van der Waals surface area contributed by atoms with Crippen molar-refractivity contribution >= 4 is 5.91 Å². The van der Waals surface area contributed by atoms with E-state index in [9.17, 15) is 4.79 Å². The second-order valence-electron chi connectivity index (χ2n) is 6.08. The zero-order valence-electron chi connectivity index (χ0n) is 13.7. The highest BCUT2D eigenvalue weighted by Gasteiger charge is 2.17. The summed E-state index contributed by atoms with van der Waals surface area (Å²) in [5, 5.41) is 3.01. The largest absolute Gasteiger partial charge is 0.489 e. The third-order valence-electron chi connectivity index (χ3n) is 4.16. The molecule has 0 saturated heterocycles. The summed E-state index contributed by atoms with van der Waals surface area (Å²) >= 11 is 0. The van der Waals surface area contributed by atoms with Gasteiger partial charge in [-0.1, -0.05) is 43.2 Å². The summed E-state index contributed by atoms with van der Waals surface area (Å²) in [6.07, 6.45) is 4.57. The molecule has 0 atom stereocenters. The quantitative estimate of drug-likeness (QED) is 0.844. The van der Waals surface area contributed by atoms with E-state index in [4.69, 9.17) is 9.47 Å². The number of amides is 1. The number of benzene rings is 2. The van der Waals surface area contributed by atoms with Gasteiger partial charge in [-0.15, -0.1) is 0 Å². The lowest BCUT2D eigenvalue weighted by Crippen LogP contribution is -2.36. The number of ether oxygens (including phenoxy) is 2. The van der Waals surface area contributed by atoms with E-state index < -0.39 is 0 Å². The fourth-order valence-corrected chi connectivity index (χ4v) is 2.86. The zero-order valence-corrected chi connectivity index (χ0v) is 13.7. The maximum absolute atomic E-state index is 11.8. The molecular weight excluding hydrogens is 302 g/mol. The van der Waals surface area contributed by atoms with Crippen LogP contribution in [-0.2, 0) is 11.4 Å². The van der Waals surface area contributed by atoms with Crippen molar-refractivity contribution in [1.82, 2.24) is 5.32 Å². The van der Waals surface area contributed by atoms with E-state index >= 15 is 0 Å². The van der Waals surface area contributed by atoms with Crippen LogP contribution in [0.3, 0.4) is 0 Å². The molecule has 1 amide bonds. The number of carbonyl (C=O) groups is 1. The monoisotopic (exact) mass is 325 g/mol. The molecule has 1 fully saturated rings. The number of nitrogens with one attached hydrogen (secondary N) is 1. The molecule has 4 nitrogen and oxygen atoms in total.